The minimum atomic E-state index is -0.611. The molecule has 2 amide bonds. The lowest BCUT2D eigenvalue weighted by molar-refractivity contribution is -0.121. The van der Waals surface area contributed by atoms with Crippen LogP contribution in [0, 0.1) is 5.92 Å². The molecule has 7 nitrogen and oxygen atoms in total. The van der Waals surface area contributed by atoms with Gasteiger partial charge in [0, 0.05) is 17.1 Å². The number of carbonyl (C=O) groups is 2. The van der Waals surface area contributed by atoms with Gasteiger partial charge in [-0.05, 0) is 49.6 Å². The number of benzene rings is 2. The largest absolute Gasteiger partial charge is 0.287 e. The summed E-state index contributed by atoms with van der Waals surface area (Å²) in [5.74, 6) is -0.423. The van der Waals surface area contributed by atoms with Gasteiger partial charge >= 0.3 is 0 Å². The minimum absolute atomic E-state index is 0.167. The summed E-state index contributed by atoms with van der Waals surface area (Å²) in [6, 6.07) is 13.6. The highest BCUT2D eigenvalue weighted by Gasteiger charge is 2.20. The van der Waals surface area contributed by atoms with Crippen molar-refractivity contribution >= 4 is 46.1 Å². The fraction of sp³-hybridized carbons (Fsp3) is 0.304. The van der Waals surface area contributed by atoms with E-state index in [2.05, 4.69) is 29.7 Å². The van der Waals surface area contributed by atoms with Crippen LogP contribution in [0.4, 0.5) is 0 Å². The van der Waals surface area contributed by atoms with Crippen molar-refractivity contribution in [3.05, 3.63) is 69.5 Å². The highest BCUT2D eigenvalue weighted by atomic mass is 35.5. The van der Waals surface area contributed by atoms with Crippen molar-refractivity contribution in [3.8, 4) is 0 Å². The second kappa shape index (κ2) is 10.7. The zero-order chi connectivity index (χ0) is 23.3. The third kappa shape index (κ3) is 5.89. The molecule has 3 aromatic rings. The summed E-state index contributed by atoms with van der Waals surface area (Å²) in [6.45, 7) is 6.34. The molecule has 0 aliphatic rings. The van der Waals surface area contributed by atoms with E-state index in [9.17, 15) is 14.4 Å². The van der Waals surface area contributed by atoms with Crippen LogP contribution in [0.15, 0.2) is 58.5 Å². The average Bonchev–Trinajstić information content (AvgIpc) is 2.77. The van der Waals surface area contributed by atoms with Crippen LogP contribution in [-0.2, 0) is 11.3 Å². The van der Waals surface area contributed by atoms with Gasteiger partial charge < -0.3 is 0 Å². The summed E-state index contributed by atoms with van der Waals surface area (Å²) < 4.78 is 1.60. The lowest BCUT2D eigenvalue weighted by atomic mass is 10.1. The van der Waals surface area contributed by atoms with E-state index in [-0.39, 0.29) is 5.56 Å². The first-order valence-electron chi connectivity index (χ1n) is 10.3. The SMILES string of the molecule is CC(C)CCn1c(SC(C)C(=O)NNC(=O)c2ccccc2)nc2cc(Cl)ccc2c1=O. The first kappa shape index (κ1) is 23.8. The lowest BCUT2D eigenvalue weighted by Gasteiger charge is -2.17. The number of nitrogens with zero attached hydrogens (tertiary/aromatic N) is 2. The van der Waals surface area contributed by atoms with E-state index in [1.165, 1.54) is 0 Å². The molecule has 0 bridgehead atoms. The molecule has 1 heterocycles. The van der Waals surface area contributed by atoms with Gasteiger partial charge in [0.25, 0.3) is 17.4 Å². The Morgan fingerprint density at radius 3 is 2.50 bits per heavy atom. The van der Waals surface area contributed by atoms with Crippen LogP contribution < -0.4 is 16.4 Å². The Kier molecular flexibility index (Phi) is 7.93. The van der Waals surface area contributed by atoms with Crippen molar-refractivity contribution in [1.82, 2.24) is 20.4 Å². The summed E-state index contributed by atoms with van der Waals surface area (Å²) in [6.07, 6.45) is 0.794. The number of aromatic nitrogens is 2. The molecule has 0 spiro atoms. The fourth-order valence-electron chi connectivity index (χ4n) is 2.94. The number of hydrazine groups is 1. The van der Waals surface area contributed by atoms with E-state index >= 15 is 0 Å². The standard InChI is InChI=1S/C23H25ClN4O3S/c1-14(2)11-12-28-22(31)18-10-9-17(24)13-19(18)25-23(28)32-15(3)20(29)26-27-21(30)16-7-5-4-6-8-16/h4-10,13-15H,11-12H2,1-3H3,(H,26,29)(H,27,30). The van der Waals surface area contributed by atoms with E-state index in [0.717, 1.165) is 18.2 Å². The molecule has 1 atom stereocenters. The van der Waals surface area contributed by atoms with Crippen LogP contribution in [0.1, 0.15) is 37.6 Å². The number of thioether (sulfide) groups is 1. The summed E-state index contributed by atoms with van der Waals surface area (Å²) in [7, 11) is 0. The predicted octanol–water partition coefficient (Wildman–Crippen LogP) is 4.04. The predicted molar refractivity (Wildman–Crippen MR) is 128 cm³/mol. The maximum atomic E-state index is 13.1. The van der Waals surface area contributed by atoms with Crippen molar-refractivity contribution in [3.63, 3.8) is 0 Å². The van der Waals surface area contributed by atoms with E-state index in [0.29, 0.717) is 39.1 Å². The van der Waals surface area contributed by atoms with Gasteiger partial charge in [0.2, 0.25) is 0 Å². The molecule has 0 saturated carbocycles. The highest BCUT2D eigenvalue weighted by molar-refractivity contribution is 8.00. The lowest BCUT2D eigenvalue weighted by Crippen LogP contribution is -2.45. The number of nitrogens with one attached hydrogen (secondary N) is 2. The van der Waals surface area contributed by atoms with Crippen LogP contribution in [0.2, 0.25) is 5.02 Å². The molecule has 0 saturated heterocycles. The van der Waals surface area contributed by atoms with Crippen molar-refractivity contribution in [2.45, 2.75) is 44.1 Å². The first-order chi connectivity index (χ1) is 15.3. The number of hydrogen-bond donors (Lipinski definition) is 2. The quantitative estimate of drug-likeness (QED) is 0.307. The third-order valence-corrected chi connectivity index (χ3v) is 6.12. The normalized spacial score (nSPS) is 12.0. The van der Waals surface area contributed by atoms with E-state index in [4.69, 9.17) is 11.6 Å². The van der Waals surface area contributed by atoms with Gasteiger partial charge in [-0.25, -0.2) is 4.98 Å². The average molecular weight is 473 g/mol. The van der Waals surface area contributed by atoms with Gasteiger partial charge in [0.05, 0.1) is 16.2 Å². The molecule has 0 fully saturated rings. The maximum Gasteiger partial charge on any atom is 0.269 e. The zero-order valence-corrected chi connectivity index (χ0v) is 19.7. The fourth-order valence-corrected chi connectivity index (χ4v) is 4.04. The van der Waals surface area contributed by atoms with Crippen LogP contribution in [0.25, 0.3) is 10.9 Å². The monoisotopic (exact) mass is 472 g/mol. The topological polar surface area (TPSA) is 93.1 Å². The second-order valence-corrected chi connectivity index (χ2v) is 9.51. The third-order valence-electron chi connectivity index (χ3n) is 4.80. The molecule has 0 aliphatic heterocycles. The second-order valence-electron chi connectivity index (χ2n) is 7.76. The maximum absolute atomic E-state index is 13.1. The number of halogens is 1. The molecular weight excluding hydrogens is 448 g/mol. The van der Waals surface area contributed by atoms with Gasteiger partial charge in [0.1, 0.15) is 0 Å². The smallest absolute Gasteiger partial charge is 0.269 e. The van der Waals surface area contributed by atoms with Gasteiger partial charge in [-0.3, -0.25) is 29.8 Å². The molecule has 3 rings (SSSR count). The highest BCUT2D eigenvalue weighted by Crippen LogP contribution is 2.24. The summed E-state index contributed by atoms with van der Waals surface area (Å²) in [4.78, 5) is 42.5. The molecule has 2 aromatic carbocycles. The van der Waals surface area contributed by atoms with Crippen LogP contribution in [0.3, 0.4) is 0 Å². The Morgan fingerprint density at radius 1 is 1.09 bits per heavy atom. The summed E-state index contributed by atoms with van der Waals surface area (Å²) in [5, 5.41) is 0.784. The van der Waals surface area contributed by atoms with Crippen molar-refractivity contribution in [2.24, 2.45) is 5.92 Å². The molecule has 0 aliphatic carbocycles. The van der Waals surface area contributed by atoms with Crippen molar-refractivity contribution < 1.29 is 9.59 Å². The molecule has 0 radical (unpaired) electrons. The Balaban J connectivity index is 1.79. The number of rotatable bonds is 7. The number of fused-ring (bicyclic) bond motifs is 1. The molecule has 9 heteroatoms. The minimum Gasteiger partial charge on any atom is -0.287 e. The molecule has 1 unspecified atom stereocenters. The van der Waals surface area contributed by atoms with E-state index in [1.807, 2.05) is 0 Å². The van der Waals surface area contributed by atoms with Crippen LogP contribution in [0.5, 0.6) is 0 Å². The van der Waals surface area contributed by atoms with Crippen LogP contribution in [-0.4, -0.2) is 26.6 Å². The number of hydrogen-bond acceptors (Lipinski definition) is 5. The van der Waals surface area contributed by atoms with Gasteiger partial charge in [-0.1, -0.05) is 55.4 Å². The molecule has 168 valence electrons. The zero-order valence-electron chi connectivity index (χ0n) is 18.1. The first-order valence-corrected chi connectivity index (χ1v) is 11.5. The molecule has 1 aromatic heterocycles. The van der Waals surface area contributed by atoms with Crippen molar-refractivity contribution in [1.29, 1.82) is 0 Å². The number of amides is 2. The van der Waals surface area contributed by atoms with Gasteiger partial charge in [-0.2, -0.15) is 0 Å². The van der Waals surface area contributed by atoms with E-state index in [1.54, 1.807) is 60.0 Å². The van der Waals surface area contributed by atoms with Gasteiger partial charge in [-0.15, -0.1) is 0 Å². The Hall–Kier alpha value is -2.84. The molecule has 2 N–H and O–H groups in total. The molecule has 32 heavy (non-hydrogen) atoms. The Labute approximate surface area is 195 Å². The number of carbonyl (C=O) groups excluding carboxylic acids is 2. The molecular formula is C23H25ClN4O3S. The van der Waals surface area contributed by atoms with Gasteiger partial charge in [0.15, 0.2) is 5.16 Å². The van der Waals surface area contributed by atoms with E-state index < -0.39 is 17.1 Å². The summed E-state index contributed by atoms with van der Waals surface area (Å²) >= 11 is 7.24. The Bertz CT molecular complexity index is 1180. The Morgan fingerprint density at radius 2 is 1.81 bits per heavy atom. The van der Waals surface area contributed by atoms with Crippen LogP contribution >= 0.6 is 23.4 Å². The summed E-state index contributed by atoms with van der Waals surface area (Å²) in [5.41, 5.74) is 5.60. The van der Waals surface area contributed by atoms with Crippen molar-refractivity contribution in [2.75, 3.05) is 0 Å².